The van der Waals surface area contributed by atoms with Gasteiger partial charge < -0.3 is 4.90 Å². The molecule has 1 aromatic carbocycles. The zero-order chi connectivity index (χ0) is 15.0. The van der Waals surface area contributed by atoms with Crippen LogP contribution in [-0.2, 0) is 4.79 Å². The Labute approximate surface area is 120 Å². The van der Waals surface area contributed by atoms with E-state index in [0.717, 1.165) is 11.1 Å². The van der Waals surface area contributed by atoms with Gasteiger partial charge in [0.1, 0.15) is 0 Å². The van der Waals surface area contributed by atoms with Crippen molar-refractivity contribution in [1.29, 1.82) is 0 Å². The Morgan fingerprint density at radius 2 is 1.75 bits per heavy atom. The molecule has 0 heterocycles. The van der Waals surface area contributed by atoms with Crippen LogP contribution in [0.4, 0.5) is 13.2 Å². The highest BCUT2D eigenvalue weighted by molar-refractivity contribution is 6.25. The van der Waals surface area contributed by atoms with E-state index in [1.807, 2.05) is 30.3 Å². The average Bonchev–Trinajstić information content (AvgIpc) is 2.42. The SMILES string of the molecule is O=C(N(C/C=C/Cl)C/C=C/c1ccccc1)C(F)(F)F. The van der Waals surface area contributed by atoms with Crippen LogP contribution in [0.15, 0.2) is 48.0 Å². The Morgan fingerprint density at radius 3 is 2.30 bits per heavy atom. The molecule has 1 rings (SSSR count). The minimum absolute atomic E-state index is 0.144. The van der Waals surface area contributed by atoms with E-state index in [9.17, 15) is 18.0 Å². The van der Waals surface area contributed by atoms with E-state index in [2.05, 4.69) is 0 Å². The monoisotopic (exact) mass is 303 g/mol. The molecular weight excluding hydrogens is 291 g/mol. The number of alkyl halides is 3. The molecular formula is C14H13ClF3NO. The first-order chi connectivity index (χ1) is 9.45. The van der Waals surface area contributed by atoms with Crippen LogP contribution in [0.25, 0.3) is 6.08 Å². The Kier molecular flexibility index (Phi) is 6.31. The molecule has 0 aliphatic carbocycles. The molecule has 1 amide bonds. The van der Waals surface area contributed by atoms with Crippen molar-refractivity contribution in [2.24, 2.45) is 0 Å². The van der Waals surface area contributed by atoms with Crippen LogP contribution in [0.5, 0.6) is 0 Å². The predicted molar refractivity (Wildman–Crippen MR) is 73.1 cm³/mol. The number of halogens is 4. The lowest BCUT2D eigenvalue weighted by atomic mass is 10.2. The maximum Gasteiger partial charge on any atom is 0.471 e. The Morgan fingerprint density at radius 1 is 1.15 bits per heavy atom. The first-order valence-electron chi connectivity index (χ1n) is 5.78. The number of nitrogens with zero attached hydrogens (tertiary/aromatic N) is 1. The summed E-state index contributed by atoms with van der Waals surface area (Å²) < 4.78 is 37.2. The molecule has 0 saturated heterocycles. The summed E-state index contributed by atoms with van der Waals surface area (Å²) in [4.78, 5) is 11.9. The predicted octanol–water partition coefficient (Wildman–Crippen LogP) is 3.84. The highest BCUT2D eigenvalue weighted by Crippen LogP contribution is 2.18. The summed E-state index contributed by atoms with van der Waals surface area (Å²) in [5, 5.41) is 0. The largest absolute Gasteiger partial charge is 0.471 e. The van der Waals surface area contributed by atoms with Crippen molar-refractivity contribution in [2.75, 3.05) is 13.1 Å². The molecule has 0 aliphatic heterocycles. The van der Waals surface area contributed by atoms with Crippen molar-refractivity contribution in [3.63, 3.8) is 0 Å². The Bertz CT molecular complexity index is 483. The van der Waals surface area contributed by atoms with Crippen molar-refractivity contribution in [3.8, 4) is 0 Å². The van der Waals surface area contributed by atoms with Gasteiger partial charge in [-0.1, -0.05) is 60.2 Å². The van der Waals surface area contributed by atoms with E-state index in [4.69, 9.17) is 11.6 Å². The van der Waals surface area contributed by atoms with Crippen molar-refractivity contribution in [3.05, 3.63) is 53.6 Å². The number of benzene rings is 1. The fourth-order valence-corrected chi connectivity index (χ4v) is 1.55. The summed E-state index contributed by atoms with van der Waals surface area (Å²) >= 11 is 5.28. The number of hydrogen-bond acceptors (Lipinski definition) is 1. The van der Waals surface area contributed by atoms with Crippen LogP contribution < -0.4 is 0 Å². The van der Waals surface area contributed by atoms with Gasteiger partial charge in [-0.3, -0.25) is 4.79 Å². The fraction of sp³-hybridized carbons (Fsp3) is 0.214. The van der Waals surface area contributed by atoms with E-state index >= 15 is 0 Å². The molecule has 1 aromatic rings. The molecule has 108 valence electrons. The summed E-state index contributed by atoms with van der Waals surface area (Å²) in [6.45, 7) is -0.338. The van der Waals surface area contributed by atoms with Crippen LogP contribution >= 0.6 is 11.6 Å². The fourth-order valence-electron chi connectivity index (χ4n) is 1.47. The van der Waals surface area contributed by atoms with Gasteiger partial charge in [0.15, 0.2) is 0 Å². The number of amides is 1. The van der Waals surface area contributed by atoms with Gasteiger partial charge in [0.2, 0.25) is 0 Å². The summed E-state index contributed by atoms with van der Waals surface area (Å²) in [5.74, 6) is -1.88. The smallest absolute Gasteiger partial charge is 0.327 e. The highest BCUT2D eigenvalue weighted by Gasteiger charge is 2.41. The van der Waals surface area contributed by atoms with E-state index in [-0.39, 0.29) is 13.1 Å². The van der Waals surface area contributed by atoms with Gasteiger partial charge in [-0.2, -0.15) is 13.2 Å². The van der Waals surface area contributed by atoms with Gasteiger partial charge in [0.25, 0.3) is 0 Å². The second-order valence-corrected chi connectivity index (χ2v) is 4.13. The average molecular weight is 304 g/mol. The van der Waals surface area contributed by atoms with Gasteiger partial charge in [-0.25, -0.2) is 0 Å². The number of hydrogen-bond donors (Lipinski definition) is 0. The molecule has 0 fully saturated rings. The van der Waals surface area contributed by atoms with Crippen LogP contribution in [0.2, 0.25) is 0 Å². The van der Waals surface area contributed by atoms with E-state index in [1.165, 1.54) is 12.2 Å². The van der Waals surface area contributed by atoms with E-state index in [1.54, 1.807) is 6.08 Å². The lowest BCUT2D eigenvalue weighted by Crippen LogP contribution is -2.41. The quantitative estimate of drug-likeness (QED) is 0.809. The summed E-state index contributed by atoms with van der Waals surface area (Å²) in [7, 11) is 0. The van der Waals surface area contributed by atoms with Crippen molar-refractivity contribution >= 4 is 23.6 Å². The highest BCUT2D eigenvalue weighted by atomic mass is 35.5. The van der Waals surface area contributed by atoms with E-state index in [0.29, 0.717) is 4.90 Å². The Hall–Kier alpha value is -1.75. The maximum absolute atomic E-state index is 12.4. The third-order valence-electron chi connectivity index (χ3n) is 2.38. The molecule has 0 radical (unpaired) electrons. The third-order valence-corrected chi connectivity index (χ3v) is 2.56. The van der Waals surface area contributed by atoms with Crippen molar-refractivity contribution in [1.82, 2.24) is 4.90 Å². The number of carbonyl (C=O) groups is 1. The van der Waals surface area contributed by atoms with Gasteiger partial charge in [-0.15, -0.1) is 0 Å². The molecule has 0 N–H and O–H groups in total. The molecule has 0 aromatic heterocycles. The van der Waals surface area contributed by atoms with Crippen molar-refractivity contribution < 1.29 is 18.0 Å². The first kappa shape index (κ1) is 16.3. The molecule has 20 heavy (non-hydrogen) atoms. The molecule has 2 nitrogen and oxygen atoms in total. The molecule has 0 bridgehead atoms. The lowest BCUT2D eigenvalue weighted by Gasteiger charge is -2.20. The summed E-state index contributed by atoms with van der Waals surface area (Å²) in [6, 6.07) is 9.08. The minimum atomic E-state index is -4.89. The zero-order valence-corrected chi connectivity index (χ0v) is 11.2. The molecule has 0 spiro atoms. The standard InChI is InChI=1S/C14H13ClF3NO/c15-9-5-11-19(13(20)14(16,17)18)10-4-8-12-6-2-1-3-7-12/h1-9H,10-11H2/b8-4+,9-5+. The van der Waals surface area contributed by atoms with Crippen LogP contribution in [0, 0.1) is 0 Å². The van der Waals surface area contributed by atoms with Crippen LogP contribution in [0.1, 0.15) is 5.56 Å². The van der Waals surface area contributed by atoms with Gasteiger partial charge in [0.05, 0.1) is 0 Å². The van der Waals surface area contributed by atoms with Gasteiger partial charge in [0, 0.05) is 18.6 Å². The maximum atomic E-state index is 12.4. The first-order valence-corrected chi connectivity index (χ1v) is 6.21. The van der Waals surface area contributed by atoms with E-state index < -0.39 is 12.1 Å². The Balaban J connectivity index is 2.70. The van der Waals surface area contributed by atoms with Gasteiger partial charge >= 0.3 is 12.1 Å². The minimum Gasteiger partial charge on any atom is -0.327 e. The summed E-state index contributed by atoms with van der Waals surface area (Å²) in [6.07, 6.45) is -0.454. The third kappa shape index (κ3) is 5.48. The second kappa shape index (κ2) is 7.75. The molecule has 0 unspecified atom stereocenters. The van der Waals surface area contributed by atoms with Crippen LogP contribution in [-0.4, -0.2) is 30.1 Å². The van der Waals surface area contributed by atoms with Crippen molar-refractivity contribution in [2.45, 2.75) is 6.18 Å². The van der Waals surface area contributed by atoms with Gasteiger partial charge in [-0.05, 0) is 5.56 Å². The molecule has 6 heteroatoms. The number of rotatable bonds is 5. The lowest BCUT2D eigenvalue weighted by molar-refractivity contribution is -0.184. The molecule has 0 saturated carbocycles. The normalized spacial score (nSPS) is 12.2. The zero-order valence-electron chi connectivity index (χ0n) is 10.5. The second-order valence-electron chi connectivity index (χ2n) is 3.88. The topological polar surface area (TPSA) is 20.3 Å². The molecule has 0 aliphatic rings. The molecule has 0 atom stereocenters. The van der Waals surface area contributed by atoms with Crippen LogP contribution in [0.3, 0.4) is 0 Å². The summed E-state index contributed by atoms with van der Waals surface area (Å²) in [5.41, 5.74) is 1.93. The number of carbonyl (C=O) groups excluding carboxylic acids is 1.